The number of carbonyl (C=O) groups is 1. The summed E-state index contributed by atoms with van der Waals surface area (Å²) >= 11 is 0. The first kappa shape index (κ1) is 20.1. The van der Waals surface area contributed by atoms with Gasteiger partial charge in [-0.25, -0.2) is 0 Å². The molecular weight excluding hydrogens is 362 g/mol. The lowest BCUT2D eigenvalue weighted by atomic mass is 9.90. The number of amides is 1. The number of likely N-dealkylation sites (N-methyl/N-ethyl adjacent to an activating group) is 1. The van der Waals surface area contributed by atoms with Crippen LogP contribution in [0.25, 0.3) is 0 Å². The van der Waals surface area contributed by atoms with Gasteiger partial charge in [0.2, 0.25) is 0 Å². The van der Waals surface area contributed by atoms with Crippen LogP contribution in [-0.4, -0.2) is 63.2 Å². The van der Waals surface area contributed by atoms with Crippen molar-refractivity contribution in [3.8, 4) is 0 Å². The summed E-state index contributed by atoms with van der Waals surface area (Å²) in [5.74, 6) is 0.144. The van der Waals surface area contributed by atoms with E-state index < -0.39 is 0 Å². The number of likely N-dealkylation sites (tertiary alicyclic amines) is 1. The van der Waals surface area contributed by atoms with E-state index >= 15 is 0 Å². The summed E-state index contributed by atoms with van der Waals surface area (Å²) in [6.45, 7) is 5.81. The van der Waals surface area contributed by atoms with Gasteiger partial charge in [-0.3, -0.25) is 14.5 Å². The summed E-state index contributed by atoms with van der Waals surface area (Å²) in [5.41, 5.74) is 4.36. The van der Waals surface area contributed by atoms with Crippen molar-refractivity contribution >= 4 is 5.91 Å². The highest BCUT2D eigenvalue weighted by Crippen LogP contribution is 2.29. The number of aryl methyl sites for hydroxylation is 1. The second kappa shape index (κ2) is 9.08. The van der Waals surface area contributed by atoms with Crippen molar-refractivity contribution in [2.24, 2.45) is 0 Å². The third-order valence-corrected chi connectivity index (χ3v) is 6.42. The van der Waals surface area contributed by atoms with Crippen LogP contribution in [0.15, 0.2) is 24.4 Å². The summed E-state index contributed by atoms with van der Waals surface area (Å²) in [5, 5.41) is 4.81. The smallest absolute Gasteiger partial charge is 0.274 e. The largest absolute Gasteiger partial charge is 0.337 e. The fraction of sp³-hybridized carbons (Fsp3) is 0.609. The predicted molar refractivity (Wildman–Crippen MR) is 114 cm³/mol. The van der Waals surface area contributed by atoms with E-state index in [2.05, 4.69) is 34.6 Å². The molecule has 3 heterocycles. The molecule has 0 radical (unpaired) electrons. The van der Waals surface area contributed by atoms with Gasteiger partial charge in [-0.1, -0.05) is 13.0 Å². The zero-order chi connectivity index (χ0) is 20.2. The maximum Gasteiger partial charge on any atom is 0.274 e. The van der Waals surface area contributed by atoms with Crippen LogP contribution in [0.2, 0.25) is 0 Å². The molecule has 0 N–H and O–H groups in total. The lowest BCUT2D eigenvalue weighted by Crippen LogP contribution is -2.38. The monoisotopic (exact) mass is 395 g/mol. The van der Waals surface area contributed by atoms with Crippen LogP contribution >= 0.6 is 0 Å². The minimum atomic E-state index is 0.144. The highest BCUT2D eigenvalue weighted by molar-refractivity contribution is 5.94. The Morgan fingerprint density at radius 1 is 1.28 bits per heavy atom. The number of pyridine rings is 1. The van der Waals surface area contributed by atoms with Crippen LogP contribution in [0.4, 0.5) is 0 Å². The molecule has 2 aromatic heterocycles. The Labute approximate surface area is 173 Å². The lowest BCUT2D eigenvalue weighted by Gasteiger charge is -2.32. The molecule has 0 unspecified atom stereocenters. The van der Waals surface area contributed by atoms with Gasteiger partial charge in [0.15, 0.2) is 5.69 Å². The molecule has 1 amide bonds. The van der Waals surface area contributed by atoms with E-state index in [9.17, 15) is 4.79 Å². The van der Waals surface area contributed by atoms with Crippen LogP contribution < -0.4 is 0 Å². The third-order valence-electron chi connectivity index (χ3n) is 6.42. The van der Waals surface area contributed by atoms with E-state index in [1.807, 2.05) is 23.2 Å². The topological polar surface area (TPSA) is 54.3 Å². The Balaban J connectivity index is 1.49. The van der Waals surface area contributed by atoms with Crippen LogP contribution in [0, 0.1) is 0 Å². The number of fused-ring (bicyclic) bond motifs is 1. The first-order valence-corrected chi connectivity index (χ1v) is 11.2. The molecule has 1 saturated heterocycles. The van der Waals surface area contributed by atoms with Crippen LogP contribution in [-0.2, 0) is 25.8 Å². The molecule has 156 valence electrons. The molecule has 29 heavy (non-hydrogen) atoms. The van der Waals surface area contributed by atoms with E-state index in [4.69, 9.17) is 5.10 Å². The highest BCUT2D eigenvalue weighted by atomic mass is 16.2. The Kier molecular flexibility index (Phi) is 6.28. The molecular formula is C23H33N5O. The third kappa shape index (κ3) is 4.37. The second-order valence-electron chi connectivity index (χ2n) is 8.44. The molecule has 1 aliphatic carbocycles. The van der Waals surface area contributed by atoms with Crippen molar-refractivity contribution in [1.29, 1.82) is 0 Å². The zero-order valence-electron chi connectivity index (χ0n) is 17.8. The Morgan fingerprint density at radius 3 is 2.83 bits per heavy atom. The molecule has 1 fully saturated rings. The molecule has 2 aliphatic rings. The van der Waals surface area contributed by atoms with Crippen LogP contribution in [0.1, 0.15) is 60.0 Å². The van der Waals surface area contributed by atoms with Gasteiger partial charge in [0.05, 0.1) is 0 Å². The number of rotatable bonds is 7. The van der Waals surface area contributed by atoms with Gasteiger partial charge in [-0.2, -0.15) is 5.10 Å². The molecule has 0 spiro atoms. The summed E-state index contributed by atoms with van der Waals surface area (Å²) < 4.78 is 2.11. The van der Waals surface area contributed by atoms with Gasteiger partial charge in [-0.15, -0.1) is 0 Å². The van der Waals surface area contributed by atoms with E-state index in [-0.39, 0.29) is 5.91 Å². The van der Waals surface area contributed by atoms with Crippen LogP contribution in [0.5, 0.6) is 0 Å². The molecule has 0 saturated carbocycles. The minimum absolute atomic E-state index is 0.144. The summed E-state index contributed by atoms with van der Waals surface area (Å²) in [7, 11) is 2.21. The number of hydrogen-bond acceptors (Lipinski definition) is 4. The van der Waals surface area contributed by atoms with Gasteiger partial charge >= 0.3 is 0 Å². The molecule has 4 rings (SSSR count). The average Bonchev–Trinajstić information content (AvgIpc) is 3.41. The number of nitrogens with zero attached hydrogens (tertiary/aromatic N) is 5. The van der Waals surface area contributed by atoms with Crippen molar-refractivity contribution in [3.63, 3.8) is 0 Å². The molecule has 1 atom stereocenters. The Bertz CT molecular complexity index is 825. The van der Waals surface area contributed by atoms with Crippen molar-refractivity contribution in [2.45, 2.75) is 64.5 Å². The number of aromatic nitrogens is 3. The molecule has 0 bridgehead atoms. The standard InChI is InChI=1S/C23H33N5O/c1-3-13-28-21-10-9-19(26(2)16-11-18-8-4-5-12-24-18)17-20(21)22(25-28)23(29)27-14-6-7-15-27/h4-5,8,12,19H,3,6-7,9-11,13-17H2,1-2H3/t19-/m0/s1. The number of hydrogen-bond donors (Lipinski definition) is 0. The molecule has 0 aromatic carbocycles. The Morgan fingerprint density at radius 2 is 2.10 bits per heavy atom. The van der Waals surface area contributed by atoms with Gasteiger partial charge in [-0.05, 0) is 57.7 Å². The maximum absolute atomic E-state index is 13.2. The fourth-order valence-corrected chi connectivity index (χ4v) is 4.70. The van der Waals surface area contributed by atoms with Crippen molar-refractivity contribution in [1.82, 2.24) is 24.6 Å². The fourth-order valence-electron chi connectivity index (χ4n) is 4.70. The van der Waals surface area contributed by atoms with Crippen molar-refractivity contribution in [3.05, 3.63) is 47.0 Å². The molecule has 2 aromatic rings. The Hall–Kier alpha value is -2.21. The predicted octanol–water partition coefficient (Wildman–Crippen LogP) is 2.96. The first-order chi connectivity index (χ1) is 14.2. The summed E-state index contributed by atoms with van der Waals surface area (Å²) in [4.78, 5) is 22.0. The zero-order valence-corrected chi connectivity index (χ0v) is 17.8. The highest BCUT2D eigenvalue weighted by Gasteiger charge is 2.32. The molecule has 6 heteroatoms. The van der Waals surface area contributed by atoms with Gasteiger partial charge < -0.3 is 9.80 Å². The normalized spacial score (nSPS) is 19.0. The van der Waals surface area contributed by atoms with Crippen LogP contribution in [0.3, 0.4) is 0 Å². The maximum atomic E-state index is 13.2. The van der Waals surface area contributed by atoms with Crippen molar-refractivity contribution < 1.29 is 4.79 Å². The minimum Gasteiger partial charge on any atom is -0.337 e. The summed E-state index contributed by atoms with van der Waals surface area (Å²) in [6, 6.07) is 6.56. The molecule has 1 aliphatic heterocycles. The van der Waals surface area contributed by atoms with Gasteiger partial charge in [0.1, 0.15) is 0 Å². The first-order valence-electron chi connectivity index (χ1n) is 11.2. The van der Waals surface area contributed by atoms with E-state index in [1.54, 1.807) is 0 Å². The lowest BCUT2D eigenvalue weighted by molar-refractivity contribution is 0.0784. The quantitative estimate of drug-likeness (QED) is 0.723. The summed E-state index contributed by atoms with van der Waals surface area (Å²) in [6.07, 6.45) is 9.14. The average molecular weight is 396 g/mol. The second-order valence-corrected chi connectivity index (χ2v) is 8.44. The van der Waals surface area contributed by atoms with E-state index in [0.29, 0.717) is 6.04 Å². The van der Waals surface area contributed by atoms with Crippen molar-refractivity contribution in [2.75, 3.05) is 26.7 Å². The van der Waals surface area contributed by atoms with Gasteiger partial charge in [0, 0.05) is 61.8 Å². The molecule has 6 nitrogen and oxygen atoms in total. The SMILES string of the molecule is CCCn1nc(C(=O)N2CCCC2)c2c1CC[C@H](N(C)CCc1ccccn1)C2. The number of carbonyl (C=O) groups excluding carboxylic acids is 1. The van der Waals surface area contributed by atoms with Gasteiger partial charge in [0.25, 0.3) is 5.91 Å². The van der Waals surface area contributed by atoms with E-state index in [1.165, 1.54) is 11.3 Å². The van der Waals surface area contributed by atoms with E-state index in [0.717, 1.165) is 82.5 Å².